The molecule has 0 saturated carbocycles. The van der Waals surface area contributed by atoms with E-state index in [1.54, 1.807) is 30.2 Å². The number of nitrogens with zero attached hydrogens (tertiary/aromatic N) is 4. The van der Waals surface area contributed by atoms with Gasteiger partial charge in [0.1, 0.15) is 17.5 Å². The predicted molar refractivity (Wildman–Crippen MR) is 102 cm³/mol. The zero-order valence-electron chi connectivity index (χ0n) is 15.1. The molecule has 4 rings (SSSR count). The zero-order chi connectivity index (χ0) is 18.8. The number of hydrogen-bond donors (Lipinski definition) is 0. The molecule has 1 aliphatic heterocycles. The van der Waals surface area contributed by atoms with Crippen LogP contribution in [0.15, 0.2) is 47.1 Å². The van der Waals surface area contributed by atoms with Crippen molar-refractivity contribution < 1.29 is 9.21 Å². The molecule has 3 aromatic rings. The normalized spacial score (nSPS) is 17.3. The van der Waals surface area contributed by atoms with Gasteiger partial charge in [-0.15, -0.1) is 0 Å². The number of aryl methyl sites for hydroxylation is 1. The number of aromatic nitrogens is 3. The largest absolute Gasteiger partial charge is 0.443 e. The zero-order valence-corrected chi connectivity index (χ0v) is 15.9. The van der Waals surface area contributed by atoms with E-state index in [1.807, 2.05) is 29.2 Å². The van der Waals surface area contributed by atoms with Crippen molar-refractivity contribution in [3.8, 4) is 0 Å². The summed E-state index contributed by atoms with van der Waals surface area (Å²) < 4.78 is 7.63. The lowest BCUT2D eigenvalue weighted by molar-refractivity contribution is 0.0558. The van der Waals surface area contributed by atoms with Crippen LogP contribution in [0.2, 0.25) is 5.02 Å². The highest BCUT2D eigenvalue weighted by Crippen LogP contribution is 2.32. The van der Waals surface area contributed by atoms with Crippen LogP contribution >= 0.6 is 11.6 Å². The van der Waals surface area contributed by atoms with Gasteiger partial charge in [0.2, 0.25) is 5.89 Å². The SMILES string of the molecule is Cn1nccc1C(=O)N1CCCC[C@@H]1c1ncc(Cc2cccc(Cl)c2)o1. The van der Waals surface area contributed by atoms with Crippen LogP contribution in [0.4, 0.5) is 0 Å². The van der Waals surface area contributed by atoms with Gasteiger partial charge >= 0.3 is 0 Å². The van der Waals surface area contributed by atoms with Gasteiger partial charge in [0.25, 0.3) is 5.91 Å². The maximum atomic E-state index is 13.0. The lowest BCUT2D eigenvalue weighted by atomic mass is 10.0. The number of likely N-dealkylation sites (tertiary alicyclic amines) is 1. The summed E-state index contributed by atoms with van der Waals surface area (Å²) in [5.74, 6) is 1.34. The fraction of sp³-hybridized carbons (Fsp3) is 0.350. The standard InChI is InChI=1S/C20H21ClN4O2/c1-24-18(8-9-23-24)20(26)25-10-3-2-7-17(25)19-22-13-16(27-19)12-14-5-4-6-15(21)11-14/h4-6,8-9,11,13,17H,2-3,7,10,12H2,1H3/t17-/m1/s1. The van der Waals surface area contributed by atoms with E-state index >= 15 is 0 Å². The number of hydrogen-bond acceptors (Lipinski definition) is 4. The quantitative estimate of drug-likeness (QED) is 0.681. The Balaban J connectivity index is 1.55. The van der Waals surface area contributed by atoms with Crippen LogP contribution in [0.5, 0.6) is 0 Å². The van der Waals surface area contributed by atoms with Gasteiger partial charge in [0.15, 0.2) is 0 Å². The lowest BCUT2D eigenvalue weighted by Crippen LogP contribution is -2.39. The minimum absolute atomic E-state index is 0.0331. The van der Waals surface area contributed by atoms with Crippen LogP contribution in [-0.4, -0.2) is 32.1 Å². The molecule has 1 amide bonds. The highest BCUT2D eigenvalue weighted by atomic mass is 35.5. The van der Waals surface area contributed by atoms with Gasteiger partial charge in [-0.1, -0.05) is 23.7 Å². The van der Waals surface area contributed by atoms with E-state index in [1.165, 1.54) is 0 Å². The van der Waals surface area contributed by atoms with Crippen LogP contribution in [0, 0.1) is 0 Å². The maximum absolute atomic E-state index is 13.0. The van der Waals surface area contributed by atoms with Crippen molar-refractivity contribution in [1.29, 1.82) is 0 Å². The van der Waals surface area contributed by atoms with Crippen LogP contribution in [-0.2, 0) is 13.5 Å². The summed E-state index contributed by atoms with van der Waals surface area (Å²) in [7, 11) is 1.78. The molecule has 140 valence electrons. The fourth-order valence-electron chi connectivity index (χ4n) is 3.57. The average molecular weight is 385 g/mol. The van der Waals surface area contributed by atoms with Gasteiger partial charge in [0, 0.05) is 31.2 Å². The lowest BCUT2D eigenvalue weighted by Gasteiger charge is -2.33. The Morgan fingerprint density at radius 2 is 2.22 bits per heavy atom. The topological polar surface area (TPSA) is 64.2 Å². The monoisotopic (exact) mass is 384 g/mol. The minimum Gasteiger partial charge on any atom is -0.443 e. The van der Waals surface area contributed by atoms with Gasteiger partial charge in [-0.25, -0.2) is 4.98 Å². The van der Waals surface area contributed by atoms with E-state index in [2.05, 4.69) is 10.1 Å². The number of oxazole rings is 1. The van der Waals surface area contributed by atoms with E-state index in [0.29, 0.717) is 29.6 Å². The van der Waals surface area contributed by atoms with E-state index in [-0.39, 0.29) is 11.9 Å². The number of benzene rings is 1. The van der Waals surface area contributed by atoms with Gasteiger partial charge in [-0.2, -0.15) is 5.10 Å². The highest BCUT2D eigenvalue weighted by Gasteiger charge is 2.33. The van der Waals surface area contributed by atoms with E-state index in [0.717, 1.165) is 30.6 Å². The van der Waals surface area contributed by atoms with Crippen molar-refractivity contribution >= 4 is 17.5 Å². The molecule has 1 atom stereocenters. The third kappa shape index (κ3) is 3.76. The van der Waals surface area contributed by atoms with Gasteiger partial charge in [-0.05, 0) is 43.0 Å². The van der Waals surface area contributed by atoms with Crippen LogP contribution in [0.25, 0.3) is 0 Å². The molecule has 1 aliphatic rings. The first-order chi connectivity index (χ1) is 13.1. The third-order valence-corrected chi connectivity index (χ3v) is 5.16. The number of rotatable bonds is 4. The second-order valence-electron chi connectivity index (χ2n) is 6.82. The maximum Gasteiger partial charge on any atom is 0.272 e. The smallest absolute Gasteiger partial charge is 0.272 e. The first-order valence-corrected chi connectivity index (χ1v) is 9.47. The van der Waals surface area contributed by atoms with Gasteiger partial charge in [-0.3, -0.25) is 9.48 Å². The van der Waals surface area contributed by atoms with E-state index in [4.69, 9.17) is 16.0 Å². The predicted octanol–water partition coefficient (Wildman–Crippen LogP) is 4.02. The molecule has 1 fully saturated rings. The van der Waals surface area contributed by atoms with E-state index < -0.39 is 0 Å². The molecule has 2 aromatic heterocycles. The Labute approximate surface area is 162 Å². The molecule has 6 nitrogen and oxygen atoms in total. The molecule has 0 bridgehead atoms. The Kier molecular flexibility index (Phi) is 4.99. The molecule has 0 N–H and O–H groups in total. The summed E-state index contributed by atoms with van der Waals surface area (Å²) in [6.45, 7) is 0.695. The number of halogens is 1. The Hall–Kier alpha value is -2.60. The summed E-state index contributed by atoms with van der Waals surface area (Å²) >= 11 is 6.06. The molecule has 3 heterocycles. The minimum atomic E-state index is -0.144. The summed E-state index contributed by atoms with van der Waals surface area (Å²) in [5, 5.41) is 4.81. The molecule has 0 spiro atoms. The summed E-state index contributed by atoms with van der Waals surface area (Å²) in [6.07, 6.45) is 6.89. The molecule has 1 saturated heterocycles. The molecule has 0 radical (unpaired) electrons. The number of piperidine rings is 1. The third-order valence-electron chi connectivity index (χ3n) is 4.93. The van der Waals surface area contributed by atoms with E-state index in [9.17, 15) is 4.79 Å². The van der Waals surface area contributed by atoms with Crippen LogP contribution in [0.1, 0.15) is 53.0 Å². The molecule has 27 heavy (non-hydrogen) atoms. The Morgan fingerprint density at radius 3 is 3.00 bits per heavy atom. The van der Waals surface area contributed by atoms with Crippen molar-refractivity contribution in [3.05, 3.63) is 70.7 Å². The molecular formula is C20H21ClN4O2. The second-order valence-corrected chi connectivity index (χ2v) is 7.26. The Bertz CT molecular complexity index is 949. The first kappa shape index (κ1) is 17.8. The van der Waals surface area contributed by atoms with Gasteiger partial charge < -0.3 is 9.32 Å². The van der Waals surface area contributed by atoms with Crippen molar-refractivity contribution in [1.82, 2.24) is 19.7 Å². The second kappa shape index (κ2) is 7.56. The molecule has 7 heteroatoms. The van der Waals surface area contributed by atoms with Crippen molar-refractivity contribution in [2.75, 3.05) is 6.54 Å². The van der Waals surface area contributed by atoms with Crippen LogP contribution < -0.4 is 0 Å². The average Bonchev–Trinajstić information content (AvgIpc) is 3.30. The highest BCUT2D eigenvalue weighted by molar-refractivity contribution is 6.30. The summed E-state index contributed by atoms with van der Waals surface area (Å²) in [4.78, 5) is 19.3. The Morgan fingerprint density at radius 1 is 1.33 bits per heavy atom. The van der Waals surface area contributed by atoms with Crippen LogP contribution in [0.3, 0.4) is 0 Å². The molecule has 0 aliphatic carbocycles. The van der Waals surface area contributed by atoms with Crippen molar-refractivity contribution in [2.45, 2.75) is 31.7 Å². The fourth-order valence-corrected chi connectivity index (χ4v) is 3.78. The first-order valence-electron chi connectivity index (χ1n) is 9.10. The summed E-state index contributed by atoms with van der Waals surface area (Å²) in [6, 6.07) is 9.30. The van der Waals surface area contributed by atoms with Gasteiger partial charge in [0.05, 0.1) is 6.20 Å². The van der Waals surface area contributed by atoms with Crippen molar-refractivity contribution in [3.63, 3.8) is 0 Å². The number of amides is 1. The number of carbonyl (C=O) groups excluding carboxylic acids is 1. The molecule has 0 unspecified atom stereocenters. The number of carbonyl (C=O) groups is 1. The molecule has 1 aromatic carbocycles. The molecular weight excluding hydrogens is 364 g/mol. The summed E-state index contributed by atoms with van der Waals surface area (Å²) in [5.41, 5.74) is 1.64. The van der Waals surface area contributed by atoms with Crippen molar-refractivity contribution in [2.24, 2.45) is 7.05 Å².